The molecule has 2 fully saturated rings. The molecule has 2 nitrogen and oxygen atoms in total. The summed E-state index contributed by atoms with van der Waals surface area (Å²) in [5.74, 6) is 0. The lowest BCUT2D eigenvalue weighted by Gasteiger charge is -2.42. The number of aliphatic hydroxyl groups is 1. The van der Waals surface area contributed by atoms with Crippen molar-refractivity contribution < 1.29 is 9.90 Å². The first-order valence-corrected chi connectivity index (χ1v) is 9.05. The minimum absolute atomic E-state index is 0.0155. The van der Waals surface area contributed by atoms with Crippen LogP contribution in [-0.4, -0.2) is 18.0 Å². The number of hydrogen-bond donors (Lipinski definition) is 1. The van der Waals surface area contributed by atoms with Crippen molar-refractivity contribution in [3.8, 4) is 0 Å². The Labute approximate surface area is 155 Å². The molecule has 0 spiro atoms. The summed E-state index contributed by atoms with van der Waals surface area (Å²) in [6, 6.07) is 20.2. The van der Waals surface area contributed by atoms with Crippen LogP contribution in [0.3, 0.4) is 0 Å². The Hall–Kier alpha value is -2.45. The molecule has 0 heterocycles. The van der Waals surface area contributed by atoms with Crippen LogP contribution in [0.1, 0.15) is 36.8 Å². The fourth-order valence-electron chi connectivity index (χ4n) is 4.07. The molecule has 0 bridgehead atoms. The van der Waals surface area contributed by atoms with Gasteiger partial charge in [-0.15, -0.1) is 0 Å². The summed E-state index contributed by atoms with van der Waals surface area (Å²) in [4.78, 5) is 11.0. The van der Waals surface area contributed by atoms with Gasteiger partial charge in [-0.05, 0) is 36.8 Å². The van der Waals surface area contributed by atoms with E-state index in [1.54, 1.807) is 0 Å². The average Bonchev–Trinajstić information content (AvgIpc) is 2.64. The van der Waals surface area contributed by atoms with E-state index in [4.69, 9.17) is 0 Å². The van der Waals surface area contributed by atoms with Crippen LogP contribution >= 0.6 is 0 Å². The van der Waals surface area contributed by atoms with E-state index in [-0.39, 0.29) is 17.4 Å². The molecular weight excluding hydrogens is 320 g/mol. The second kappa shape index (κ2) is 7.43. The van der Waals surface area contributed by atoms with Crippen LogP contribution in [0.2, 0.25) is 0 Å². The lowest BCUT2D eigenvalue weighted by molar-refractivity contribution is -0.113. The fraction of sp³-hybridized carbons (Fsp3) is 0.292. The SMILES string of the molecule is C=C1CC(C=O)(c2ccccc2)C1.C=C1CC(CO)(c2ccccc2)C1. The molecule has 2 aromatic rings. The minimum atomic E-state index is -0.252. The van der Waals surface area contributed by atoms with E-state index in [0.29, 0.717) is 0 Å². The highest BCUT2D eigenvalue weighted by Gasteiger charge is 2.41. The summed E-state index contributed by atoms with van der Waals surface area (Å²) in [7, 11) is 0. The molecule has 0 atom stereocenters. The number of benzene rings is 2. The number of hydrogen-bond acceptors (Lipinski definition) is 2. The molecule has 4 rings (SSSR count). The van der Waals surface area contributed by atoms with Crippen LogP contribution in [0.25, 0.3) is 0 Å². The second-order valence-corrected chi connectivity index (χ2v) is 7.65. The third-order valence-electron chi connectivity index (χ3n) is 5.57. The van der Waals surface area contributed by atoms with Crippen molar-refractivity contribution in [2.75, 3.05) is 6.61 Å². The first-order valence-electron chi connectivity index (χ1n) is 9.05. The number of aliphatic hydroxyl groups excluding tert-OH is 1. The molecule has 2 heteroatoms. The van der Waals surface area contributed by atoms with E-state index < -0.39 is 0 Å². The predicted octanol–water partition coefficient (Wildman–Crippen LogP) is 4.74. The molecule has 2 aromatic carbocycles. The molecule has 0 aliphatic heterocycles. The summed E-state index contributed by atoms with van der Waals surface area (Å²) in [6.45, 7) is 8.02. The summed E-state index contributed by atoms with van der Waals surface area (Å²) < 4.78 is 0. The molecule has 2 saturated carbocycles. The van der Waals surface area contributed by atoms with E-state index >= 15 is 0 Å². The zero-order chi connectivity index (χ0) is 18.6. The van der Waals surface area contributed by atoms with Gasteiger partial charge >= 0.3 is 0 Å². The van der Waals surface area contributed by atoms with Crippen molar-refractivity contribution in [3.05, 3.63) is 96.1 Å². The summed E-state index contributed by atoms with van der Waals surface area (Å²) >= 11 is 0. The predicted molar refractivity (Wildman–Crippen MR) is 106 cm³/mol. The van der Waals surface area contributed by atoms with Crippen LogP contribution in [0.15, 0.2) is 85.0 Å². The minimum Gasteiger partial charge on any atom is -0.395 e. The molecule has 0 amide bonds. The quantitative estimate of drug-likeness (QED) is 0.641. The molecule has 26 heavy (non-hydrogen) atoms. The maximum Gasteiger partial charge on any atom is 0.131 e. The maximum absolute atomic E-state index is 11.0. The van der Waals surface area contributed by atoms with Crippen molar-refractivity contribution in [1.29, 1.82) is 0 Å². The normalized spacial score (nSPS) is 19.4. The van der Waals surface area contributed by atoms with Gasteiger partial charge in [0.15, 0.2) is 0 Å². The lowest BCUT2D eigenvalue weighted by atomic mass is 9.62. The standard InChI is InChI=1S/C12H14O.C12H12O/c2*1-10-7-12(8-10,9-13)11-5-3-2-4-6-11/h2-6,13H,1,7-9H2;2-6,9H,1,7-8H2. The van der Waals surface area contributed by atoms with Crippen LogP contribution in [0, 0.1) is 0 Å². The molecule has 2 aliphatic rings. The molecule has 0 aromatic heterocycles. The smallest absolute Gasteiger partial charge is 0.131 e. The highest BCUT2D eigenvalue weighted by atomic mass is 16.3. The van der Waals surface area contributed by atoms with E-state index in [1.165, 1.54) is 16.7 Å². The largest absolute Gasteiger partial charge is 0.395 e. The number of carbonyl (C=O) groups is 1. The molecule has 2 aliphatic carbocycles. The third kappa shape index (κ3) is 3.42. The Bertz CT molecular complexity index is 773. The van der Waals surface area contributed by atoms with Gasteiger partial charge in [-0.1, -0.05) is 85.0 Å². The summed E-state index contributed by atoms with van der Waals surface area (Å²) in [6.07, 6.45) is 4.58. The fourth-order valence-corrected chi connectivity index (χ4v) is 4.07. The number of allylic oxidation sites excluding steroid dienone is 2. The van der Waals surface area contributed by atoms with Gasteiger partial charge in [0.05, 0.1) is 12.0 Å². The monoisotopic (exact) mass is 346 g/mol. The topological polar surface area (TPSA) is 37.3 Å². The van der Waals surface area contributed by atoms with E-state index in [1.807, 2.05) is 48.5 Å². The first-order chi connectivity index (χ1) is 12.5. The van der Waals surface area contributed by atoms with E-state index in [0.717, 1.165) is 37.5 Å². The molecule has 134 valence electrons. The number of rotatable bonds is 4. The van der Waals surface area contributed by atoms with Crippen molar-refractivity contribution in [2.45, 2.75) is 36.5 Å². The highest BCUT2D eigenvalue weighted by molar-refractivity contribution is 5.73. The van der Waals surface area contributed by atoms with Gasteiger partial charge in [-0.2, -0.15) is 0 Å². The van der Waals surface area contributed by atoms with Gasteiger partial charge in [-0.25, -0.2) is 0 Å². The molecular formula is C24H26O2. The molecule has 0 radical (unpaired) electrons. The van der Waals surface area contributed by atoms with Crippen molar-refractivity contribution >= 4 is 6.29 Å². The average molecular weight is 346 g/mol. The van der Waals surface area contributed by atoms with Gasteiger partial charge in [0.1, 0.15) is 6.29 Å². The van der Waals surface area contributed by atoms with Crippen LogP contribution < -0.4 is 0 Å². The van der Waals surface area contributed by atoms with Crippen molar-refractivity contribution in [1.82, 2.24) is 0 Å². The second-order valence-electron chi connectivity index (χ2n) is 7.65. The Morgan fingerprint density at radius 3 is 1.65 bits per heavy atom. The van der Waals surface area contributed by atoms with Gasteiger partial charge in [0.2, 0.25) is 0 Å². The van der Waals surface area contributed by atoms with Crippen LogP contribution in [-0.2, 0) is 15.6 Å². The maximum atomic E-state index is 11.0. The summed E-state index contributed by atoms with van der Waals surface area (Å²) in [5, 5.41) is 9.37. The van der Waals surface area contributed by atoms with Crippen LogP contribution in [0.5, 0.6) is 0 Å². The van der Waals surface area contributed by atoms with Crippen molar-refractivity contribution in [2.24, 2.45) is 0 Å². The molecule has 0 unspecified atom stereocenters. The zero-order valence-electron chi connectivity index (χ0n) is 15.2. The molecule has 0 saturated heterocycles. The molecule has 1 N–H and O–H groups in total. The zero-order valence-corrected chi connectivity index (χ0v) is 15.2. The Balaban J connectivity index is 0.000000151. The van der Waals surface area contributed by atoms with Gasteiger partial charge < -0.3 is 9.90 Å². The van der Waals surface area contributed by atoms with Gasteiger partial charge in [-0.3, -0.25) is 0 Å². The third-order valence-corrected chi connectivity index (χ3v) is 5.57. The Morgan fingerprint density at radius 1 is 0.808 bits per heavy atom. The summed E-state index contributed by atoms with van der Waals surface area (Å²) in [5.41, 5.74) is 4.52. The van der Waals surface area contributed by atoms with E-state index in [2.05, 4.69) is 25.3 Å². The van der Waals surface area contributed by atoms with Crippen LogP contribution in [0.4, 0.5) is 0 Å². The van der Waals surface area contributed by atoms with Gasteiger partial charge in [0.25, 0.3) is 0 Å². The van der Waals surface area contributed by atoms with Gasteiger partial charge in [0, 0.05) is 5.41 Å². The lowest BCUT2D eigenvalue weighted by Crippen LogP contribution is -2.39. The van der Waals surface area contributed by atoms with E-state index in [9.17, 15) is 9.90 Å². The van der Waals surface area contributed by atoms with Crippen molar-refractivity contribution in [3.63, 3.8) is 0 Å². The number of aldehydes is 1. The highest BCUT2D eigenvalue weighted by Crippen LogP contribution is 2.46. The Kier molecular flexibility index (Phi) is 5.24. The number of carbonyl (C=O) groups excluding carboxylic acids is 1. The Morgan fingerprint density at radius 2 is 1.27 bits per heavy atom. The first kappa shape index (κ1) is 18.3.